The van der Waals surface area contributed by atoms with Gasteiger partial charge in [0.2, 0.25) is 0 Å². The molecular weight excluding hydrogens is 210 g/mol. The number of rotatable bonds is 4. The Kier molecular flexibility index (Phi) is 3.82. The molecule has 1 rings (SSSR count). The number of carbonyl (C=O) groups excluding carboxylic acids is 1. The van der Waals surface area contributed by atoms with Gasteiger partial charge in [-0.2, -0.15) is 0 Å². The molecule has 0 aliphatic rings. The largest absolute Gasteiger partial charge is 0.480 e. The second-order valence-corrected chi connectivity index (χ2v) is 3.38. The van der Waals surface area contributed by atoms with E-state index in [9.17, 15) is 9.59 Å². The lowest BCUT2D eigenvalue weighted by atomic mass is 10.3. The first-order valence-corrected chi connectivity index (χ1v) is 4.64. The predicted molar refractivity (Wildman–Crippen MR) is 58.4 cm³/mol. The fourth-order valence-corrected chi connectivity index (χ4v) is 1.06. The molecule has 1 aromatic heterocycles. The van der Waals surface area contributed by atoms with Gasteiger partial charge in [-0.15, -0.1) is 0 Å². The van der Waals surface area contributed by atoms with Crippen molar-refractivity contribution in [3.05, 3.63) is 24.0 Å². The van der Waals surface area contributed by atoms with E-state index >= 15 is 0 Å². The molecule has 0 atom stereocenters. The molecule has 0 spiro atoms. The van der Waals surface area contributed by atoms with Gasteiger partial charge in [0.1, 0.15) is 12.2 Å². The predicted octanol–water partition coefficient (Wildman–Crippen LogP) is 0.280. The highest BCUT2D eigenvalue weighted by atomic mass is 16.4. The quantitative estimate of drug-likeness (QED) is 0.766. The average Bonchev–Trinajstić information content (AvgIpc) is 2.25. The highest BCUT2D eigenvalue weighted by Crippen LogP contribution is 2.08. The second-order valence-electron chi connectivity index (χ2n) is 3.38. The van der Waals surface area contributed by atoms with Crippen LogP contribution in [0.3, 0.4) is 0 Å². The molecule has 0 fully saturated rings. The Bertz CT molecular complexity index is 404. The number of anilines is 1. The van der Waals surface area contributed by atoms with Crippen molar-refractivity contribution >= 4 is 17.6 Å². The Morgan fingerprint density at radius 2 is 2.19 bits per heavy atom. The number of carbonyl (C=O) groups is 2. The Hall–Kier alpha value is -2.11. The second kappa shape index (κ2) is 5.11. The van der Waals surface area contributed by atoms with Gasteiger partial charge in [-0.25, -0.2) is 0 Å². The van der Waals surface area contributed by atoms with Crippen LogP contribution in [0.15, 0.2) is 18.3 Å². The molecule has 0 radical (unpaired) electrons. The fraction of sp³-hybridized carbons (Fsp3) is 0.300. The van der Waals surface area contributed by atoms with E-state index in [1.54, 1.807) is 20.2 Å². The molecule has 0 unspecified atom stereocenters. The summed E-state index contributed by atoms with van der Waals surface area (Å²) in [6.07, 6.45) is 1.46. The molecule has 2 N–H and O–H groups in total. The summed E-state index contributed by atoms with van der Waals surface area (Å²) in [6.45, 7) is -0.195. The van der Waals surface area contributed by atoms with Crippen molar-refractivity contribution in [3.63, 3.8) is 0 Å². The Balaban J connectivity index is 2.78. The molecular formula is C10H13N3O3. The molecule has 1 amide bonds. The van der Waals surface area contributed by atoms with Crippen LogP contribution in [-0.4, -0.2) is 47.5 Å². The molecule has 6 nitrogen and oxygen atoms in total. The van der Waals surface area contributed by atoms with Gasteiger partial charge in [0.05, 0.1) is 0 Å². The van der Waals surface area contributed by atoms with Crippen molar-refractivity contribution in [3.8, 4) is 0 Å². The van der Waals surface area contributed by atoms with Gasteiger partial charge >= 0.3 is 5.97 Å². The first-order valence-electron chi connectivity index (χ1n) is 4.64. The minimum atomic E-state index is -0.961. The van der Waals surface area contributed by atoms with Crippen LogP contribution in [0.25, 0.3) is 0 Å². The van der Waals surface area contributed by atoms with E-state index in [0.29, 0.717) is 5.69 Å². The minimum Gasteiger partial charge on any atom is -0.480 e. The number of aliphatic carboxylic acids is 1. The number of aromatic nitrogens is 1. The summed E-state index contributed by atoms with van der Waals surface area (Å²) >= 11 is 0. The molecule has 16 heavy (non-hydrogen) atoms. The zero-order valence-electron chi connectivity index (χ0n) is 9.10. The highest BCUT2D eigenvalue weighted by molar-refractivity contribution is 5.92. The summed E-state index contributed by atoms with van der Waals surface area (Å²) in [5.41, 5.74) is 0.836. The molecule has 0 aromatic carbocycles. The lowest BCUT2D eigenvalue weighted by molar-refractivity contribution is -0.134. The third-order valence-electron chi connectivity index (χ3n) is 1.83. The van der Waals surface area contributed by atoms with Gasteiger partial charge in [0, 0.05) is 26.0 Å². The van der Waals surface area contributed by atoms with Crippen molar-refractivity contribution in [2.24, 2.45) is 0 Å². The van der Waals surface area contributed by atoms with E-state index < -0.39 is 5.97 Å². The van der Waals surface area contributed by atoms with Crippen molar-refractivity contribution in [1.82, 2.24) is 9.88 Å². The minimum absolute atomic E-state index is 0.195. The van der Waals surface area contributed by atoms with Crippen molar-refractivity contribution in [2.45, 2.75) is 0 Å². The average molecular weight is 223 g/mol. The molecule has 0 aliphatic heterocycles. The first-order chi connectivity index (χ1) is 7.50. The molecule has 86 valence electrons. The highest BCUT2D eigenvalue weighted by Gasteiger charge is 2.09. The molecule has 0 bridgehead atoms. The van der Waals surface area contributed by atoms with Crippen molar-refractivity contribution < 1.29 is 14.7 Å². The molecule has 0 saturated heterocycles. The van der Waals surface area contributed by atoms with E-state index in [-0.39, 0.29) is 18.1 Å². The summed E-state index contributed by atoms with van der Waals surface area (Å²) in [5.74, 6) is -1.18. The van der Waals surface area contributed by atoms with Gasteiger partial charge in [-0.1, -0.05) is 0 Å². The number of hydrogen-bond donors (Lipinski definition) is 2. The smallest absolute Gasteiger partial charge is 0.322 e. The molecule has 6 heteroatoms. The van der Waals surface area contributed by atoms with E-state index in [4.69, 9.17) is 5.11 Å². The lowest BCUT2D eigenvalue weighted by Gasteiger charge is -2.10. The molecule has 0 saturated carbocycles. The number of nitrogens with zero attached hydrogens (tertiary/aromatic N) is 2. The zero-order valence-corrected chi connectivity index (χ0v) is 9.10. The summed E-state index contributed by atoms with van der Waals surface area (Å²) in [6, 6.07) is 3.13. The van der Waals surface area contributed by atoms with Gasteiger partial charge in [-0.05, 0) is 12.1 Å². The first kappa shape index (κ1) is 12.0. The summed E-state index contributed by atoms with van der Waals surface area (Å²) < 4.78 is 0. The molecule has 0 aliphatic carbocycles. The maximum atomic E-state index is 11.6. The van der Waals surface area contributed by atoms with Gasteiger partial charge < -0.3 is 15.3 Å². The maximum absolute atomic E-state index is 11.6. The number of hydrogen-bond acceptors (Lipinski definition) is 4. The van der Waals surface area contributed by atoms with Gasteiger partial charge in [0.15, 0.2) is 0 Å². The van der Waals surface area contributed by atoms with Crippen LogP contribution in [0.5, 0.6) is 0 Å². The number of amides is 1. The third-order valence-corrected chi connectivity index (χ3v) is 1.83. The third kappa shape index (κ3) is 3.23. The van der Waals surface area contributed by atoms with E-state index in [0.717, 1.165) is 0 Å². The van der Waals surface area contributed by atoms with Crippen LogP contribution < -0.4 is 5.32 Å². The maximum Gasteiger partial charge on any atom is 0.322 e. The fourth-order valence-electron chi connectivity index (χ4n) is 1.06. The van der Waals surface area contributed by atoms with Crippen LogP contribution in [-0.2, 0) is 4.79 Å². The zero-order chi connectivity index (χ0) is 12.1. The van der Waals surface area contributed by atoms with Crippen molar-refractivity contribution in [2.75, 3.05) is 26.0 Å². The molecule has 1 aromatic rings. The Morgan fingerprint density at radius 3 is 2.75 bits per heavy atom. The normalized spacial score (nSPS) is 9.62. The number of pyridine rings is 1. The Morgan fingerprint density at radius 1 is 1.50 bits per heavy atom. The molecule has 1 heterocycles. The summed E-state index contributed by atoms with van der Waals surface area (Å²) in [5, 5.41) is 11.2. The van der Waals surface area contributed by atoms with E-state index in [2.05, 4.69) is 10.3 Å². The lowest BCUT2D eigenvalue weighted by Crippen LogP contribution is -2.23. The van der Waals surface area contributed by atoms with Crippen molar-refractivity contribution in [1.29, 1.82) is 0 Å². The van der Waals surface area contributed by atoms with Crippen LogP contribution in [0.4, 0.5) is 5.69 Å². The van der Waals surface area contributed by atoms with E-state index in [1.807, 2.05) is 0 Å². The van der Waals surface area contributed by atoms with Gasteiger partial charge in [-0.3, -0.25) is 14.6 Å². The van der Waals surface area contributed by atoms with Crippen LogP contribution in [0.1, 0.15) is 10.5 Å². The standard InChI is InChI=1S/C10H13N3O3/c1-13(2)10(16)8-5-7(3-4-11-8)12-6-9(14)15/h3-5H,6H2,1-2H3,(H,11,12)(H,14,15). The topological polar surface area (TPSA) is 82.5 Å². The summed E-state index contributed by atoms with van der Waals surface area (Å²) in [4.78, 5) is 27.2. The number of nitrogens with one attached hydrogen (secondary N) is 1. The number of carboxylic acid groups (broad SMARTS) is 1. The van der Waals surface area contributed by atoms with Crippen LogP contribution in [0.2, 0.25) is 0 Å². The monoisotopic (exact) mass is 223 g/mol. The summed E-state index contributed by atoms with van der Waals surface area (Å²) in [7, 11) is 3.25. The van der Waals surface area contributed by atoms with E-state index in [1.165, 1.54) is 17.2 Å². The van der Waals surface area contributed by atoms with Crippen LogP contribution in [0, 0.1) is 0 Å². The SMILES string of the molecule is CN(C)C(=O)c1cc(NCC(=O)O)ccn1. The van der Waals surface area contributed by atoms with Gasteiger partial charge in [0.25, 0.3) is 5.91 Å². The number of carboxylic acids is 1. The Labute approximate surface area is 92.9 Å². The van der Waals surface area contributed by atoms with Crippen LogP contribution >= 0.6 is 0 Å².